The van der Waals surface area contributed by atoms with Gasteiger partial charge in [0.1, 0.15) is 0 Å². The molecule has 1 atom stereocenters. The van der Waals surface area contributed by atoms with Gasteiger partial charge in [0.2, 0.25) is 0 Å². The summed E-state index contributed by atoms with van der Waals surface area (Å²) in [6.45, 7) is 1.97. The molecular formula is C12H15FN4OS. The van der Waals surface area contributed by atoms with Gasteiger partial charge >= 0.3 is 0 Å². The van der Waals surface area contributed by atoms with Crippen molar-refractivity contribution in [1.82, 2.24) is 15.0 Å². The highest BCUT2D eigenvalue weighted by molar-refractivity contribution is 7.05. The molecule has 1 heterocycles. The van der Waals surface area contributed by atoms with E-state index >= 15 is 0 Å². The zero-order valence-corrected chi connectivity index (χ0v) is 11.5. The Morgan fingerprint density at radius 2 is 2.32 bits per heavy atom. The molecule has 2 aromatic rings. The predicted octanol–water partition coefficient (Wildman–Crippen LogP) is 1.80. The van der Waals surface area contributed by atoms with Crippen LogP contribution >= 0.6 is 11.5 Å². The van der Waals surface area contributed by atoms with Gasteiger partial charge in [-0.2, -0.15) is 0 Å². The third-order valence-corrected chi connectivity index (χ3v) is 3.70. The van der Waals surface area contributed by atoms with Crippen molar-refractivity contribution < 1.29 is 9.13 Å². The fourth-order valence-corrected chi connectivity index (χ4v) is 2.71. The molecule has 0 fully saturated rings. The van der Waals surface area contributed by atoms with Crippen molar-refractivity contribution in [3.63, 3.8) is 0 Å². The quantitative estimate of drug-likeness (QED) is 0.646. The first-order valence-corrected chi connectivity index (χ1v) is 6.59. The first kappa shape index (κ1) is 13.9. The molecule has 7 heteroatoms. The average Bonchev–Trinajstić information content (AvgIpc) is 2.90. The number of ether oxygens (including phenoxy) is 1. The summed E-state index contributed by atoms with van der Waals surface area (Å²) in [5.41, 5.74) is 3.86. The van der Waals surface area contributed by atoms with Crippen LogP contribution in [0.1, 0.15) is 29.1 Å². The SMILES string of the molecule is CCc1nnsc1C(NN)c1cccc(OC)c1F. The number of nitrogens with two attached hydrogens (primary N) is 1. The molecule has 0 saturated carbocycles. The van der Waals surface area contributed by atoms with Crippen molar-refractivity contribution in [3.05, 3.63) is 40.2 Å². The number of halogens is 1. The fraction of sp³-hybridized carbons (Fsp3) is 0.333. The van der Waals surface area contributed by atoms with Gasteiger partial charge in [-0.05, 0) is 24.0 Å². The Kier molecular flexibility index (Phi) is 4.41. The Bertz CT molecular complexity index is 560. The third-order valence-electron chi connectivity index (χ3n) is 2.87. The topological polar surface area (TPSA) is 73.1 Å². The molecule has 1 unspecified atom stereocenters. The average molecular weight is 282 g/mol. The molecule has 0 aliphatic carbocycles. The van der Waals surface area contributed by atoms with E-state index in [0.717, 1.165) is 17.0 Å². The summed E-state index contributed by atoms with van der Waals surface area (Å²) in [5.74, 6) is 5.33. The Morgan fingerprint density at radius 1 is 1.53 bits per heavy atom. The van der Waals surface area contributed by atoms with Crippen LogP contribution in [-0.4, -0.2) is 16.7 Å². The second kappa shape index (κ2) is 6.05. The van der Waals surface area contributed by atoms with Crippen molar-refractivity contribution in [1.29, 1.82) is 0 Å². The molecule has 102 valence electrons. The maximum atomic E-state index is 14.3. The van der Waals surface area contributed by atoms with Crippen LogP contribution in [0.2, 0.25) is 0 Å². The number of aromatic nitrogens is 2. The number of hydrogen-bond acceptors (Lipinski definition) is 6. The number of methoxy groups -OCH3 is 1. The van der Waals surface area contributed by atoms with Gasteiger partial charge in [0.05, 0.1) is 23.7 Å². The van der Waals surface area contributed by atoms with E-state index < -0.39 is 11.9 Å². The van der Waals surface area contributed by atoms with Gasteiger partial charge in [-0.1, -0.05) is 23.5 Å². The monoisotopic (exact) mass is 282 g/mol. The molecule has 2 rings (SSSR count). The molecule has 1 aromatic carbocycles. The maximum Gasteiger partial charge on any atom is 0.170 e. The lowest BCUT2D eigenvalue weighted by molar-refractivity contribution is 0.382. The third kappa shape index (κ3) is 2.58. The minimum atomic E-state index is -0.481. The van der Waals surface area contributed by atoms with Gasteiger partial charge < -0.3 is 4.74 Å². The number of nitrogens with one attached hydrogen (secondary N) is 1. The molecule has 1 aromatic heterocycles. The molecule has 3 N–H and O–H groups in total. The Morgan fingerprint density at radius 3 is 2.95 bits per heavy atom. The fourth-order valence-electron chi connectivity index (χ4n) is 1.89. The summed E-state index contributed by atoms with van der Waals surface area (Å²) < 4.78 is 23.2. The molecular weight excluding hydrogens is 267 g/mol. The number of rotatable bonds is 5. The molecule has 0 aliphatic heterocycles. The van der Waals surface area contributed by atoms with Crippen molar-refractivity contribution in [2.24, 2.45) is 5.84 Å². The van der Waals surface area contributed by atoms with Crippen molar-refractivity contribution in [3.8, 4) is 5.75 Å². The van der Waals surface area contributed by atoms with E-state index in [2.05, 4.69) is 15.0 Å². The van der Waals surface area contributed by atoms with Crippen LogP contribution in [0.15, 0.2) is 18.2 Å². The first-order valence-electron chi connectivity index (χ1n) is 5.82. The number of hydrogen-bond donors (Lipinski definition) is 2. The second-order valence-electron chi connectivity index (χ2n) is 3.90. The molecule has 0 spiro atoms. The standard InChI is InChI=1S/C12H15FN4OS/c1-3-8-12(19-17-16-8)11(15-14)7-5-4-6-9(18-2)10(7)13/h4-6,11,15H,3,14H2,1-2H3. The highest BCUT2D eigenvalue weighted by atomic mass is 32.1. The number of hydrazine groups is 1. The van der Waals surface area contributed by atoms with Crippen LogP contribution < -0.4 is 16.0 Å². The van der Waals surface area contributed by atoms with Crippen molar-refractivity contribution >= 4 is 11.5 Å². The summed E-state index contributed by atoms with van der Waals surface area (Å²) in [7, 11) is 1.43. The highest BCUT2D eigenvalue weighted by Crippen LogP contribution is 2.31. The summed E-state index contributed by atoms with van der Waals surface area (Å²) in [4.78, 5) is 0.817. The molecule has 0 saturated heterocycles. The van der Waals surface area contributed by atoms with Gasteiger partial charge in [0.15, 0.2) is 11.6 Å². The summed E-state index contributed by atoms with van der Waals surface area (Å²) >= 11 is 1.21. The first-order chi connectivity index (χ1) is 9.22. The Labute approximate surface area is 114 Å². The number of aryl methyl sites for hydroxylation is 1. The van der Waals surface area contributed by atoms with E-state index in [9.17, 15) is 4.39 Å². The molecule has 0 radical (unpaired) electrons. The molecule has 19 heavy (non-hydrogen) atoms. The van der Waals surface area contributed by atoms with Crippen LogP contribution in [0, 0.1) is 5.82 Å². The molecule has 0 bridgehead atoms. The van der Waals surface area contributed by atoms with E-state index in [1.54, 1.807) is 18.2 Å². The van der Waals surface area contributed by atoms with E-state index in [0.29, 0.717) is 5.56 Å². The van der Waals surface area contributed by atoms with Crippen molar-refractivity contribution in [2.45, 2.75) is 19.4 Å². The van der Waals surface area contributed by atoms with Gasteiger partial charge in [0, 0.05) is 5.56 Å². The van der Waals surface area contributed by atoms with E-state index in [4.69, 9.17) is 10.6 Å². The lowest BCUT2D eigenvalue weighted by atomic mass is 10.0. The zero-order valence-electron chi connectivity index (χ0n) is 10.7. The van der Waals surface area contributed by atoms with Crippen LogP contribution in [0.5, 0.6) is 5.75 Å². The minimum Gasteiger partial charge on any atom is -0.494 e. The van der Waals surface area contributed by atoms with Gasteiger partial charge in [0.25, 0.3) is 0 Å². The summed E-state index contributed by atoms with van der Waals surface area (Å²) in [6, 6.07) is 4.48. The molecule has 0 amide bonds. The van der Waals surface area contributed by atoms with E-state index in [1.807, 2.05) is 6.92 Å². The van der Waals surface area contributed by atoms with E-state index in [1.165, 1.54) is 18.6 Å². The Balaban J connectivity index is 2.48. The Hall–Kier alpha value is -1.57. The number of benzene rings is 1. The molecule has 0 aliphatic rings. The maximum absolute atomic E-state index is 14.3. The normalized spacial score (nSPS) is 12.4. The van der Waals surface area contributed by atoms with Crippen LogP contribution in [0.3, 0.4) is 0 Å². The second-order valence-corrected chi connectivity index (χ2v) is 4.69. The van der Waals surface area contributed by atoms with Crippen LogP contribution in [-0.2, 0) is 6.42 Å². The summed E-state index contributed by atoms with van der Waals surface area (Å²) in [5, 5.41) is 4.02. The van der Waals surface area contributed by atoms with Crippen LogP contribution in [0.25, 0.3) is 0 Å². The number of nitrogens with zero attached hydrogens (tertiary/aromatic N) is 2. The lowest BCUT2D eigenvalue weighted by Gasteiger charge is -2.17. The summed E-state index contributed by atoms with van der Waals surface area (Å²) in [6.07, 6.45) is 0.718. The molecule has 5 nitrogen and oxygen atoms in total. The lowest BCUT2D eigenvalue weighted by Crippen LogP contribution is -2.29. The smallest absolute Gasteiger partial charge is 0.170 e. The largest absolute Gasteiger partial charge is 0.494 e. The van der Waals surface area contributed by atoms with Crippen molar-refractivity contribution in [2.75, 3.05) is 7.11 Å². The minimum absolute atomic E-state index is 0.188. The zero-order chi connectivity index (χ0) is 13.8. The van der Waals surface area contributed by atoms with Gasteiger partial charge in [-0.25, -0.2) is 9.82 Å². The van der Waals surface area contributed by atoms with Gasteiger partial charge in [-0.3, -0.25) is 5.84 Å². The van der Waals surface area contributed by atoms with Crippen LogP contribution in [0.4, 0.5) is 4.39 Å². The highest BCUT2D eigenvalue weighted by Gasteiger charge is 2.23. The van der Waals surface area contributed by atoms with Gasteiger partial charge in [-0.15, -0.1) is 5.10 Å². The predicted molar refractivity (Wildman–Crippen MR) is 71.4 cm³/mol. The van der Waals surface area contributed by atoms with E-state index in [-0.39, 0.29) is 5.75 Å².